The van der Waals surface area contributed by atoms with Crippen molar-refractivity contribution in [1.29, 1.82) is 0 Å². The summed E-state index contributed by atoms with van der Waals surface area (Å²) in [6.07, 6.45) is 0.679. The summed E-state index contributed by atoms with van der Waals surface area (Å²) in [6, 6.07) is 0.513. The standard InChI is InChI=1S/C12H10F3N3O2/c1-6(12-16-5-20-18-12)17-11(19)3-7-2-9(14)10(15)4-8(7)13/h2,4-6H,3H2,1H3,(H,17,19)/t6-/m1/s1. The van der Waals surface area contributed by atoms with Gasteiger partial charge in [-0.1, -0.05) is 5.16 Å². The second-order valence-electron chi connectivity index (χ2n) is 4.11. The Bertz CT molecular complexity index is 617. The number of nitrogens with one attached hydrogen (secondary N) is 1. The number of carbonyl (C=O) groups excluding carboxylic acids is 1. The maximum Gasteiger partial charge on any atom is 0.225 e. The van der Waals surface area contributed by atoms with E-state index in [9.17, 15) is 18.0 Å². The zero-order chi connectivity index (χ0) is 14.7. The van der Waals surface area contributed by atoms with E-state index >= 15 is 0 Å². The predicted octanol–water partition coefficient (Wildman–Crippen LogP) is 1.91. The van der Waals surface area contributed by atoms with Gasteiger partial charge in [0, 0.05) is 11.6 Å². The zero-order valence-electron chi connectivity index (χ0n) is 10.4. The molecule has 8 heteroatoms. The molecule has 0 unspecified atom stereocenters. The lowest BCUT2D eigenvalue weighted by atomic mass is 10.1. The molecular weight excluding hydrogens is 275 g/mol. The van der Waals surface area contributed by atoms with Crippen molar-refractivity contribution in [3.63, 3.8) is 0 Å². The molecule has 1 aromatic heterocycles. The van der Waals surface area contributed by atoms with E-state index in [1.54, 1.807) is 6.92 Å². The summed E-state index contributed by atoms with van der Waals surface area (Å²) in [5.74, 6) is -3.81. The highest BCUT2D eigenvalue weighted by Gasteiger charge is 2.17. The molecule has 1 N–H and O–H groups in total. The van der Waals surface area contributed by atoms with Gasteiger partial charge in [0.15, 0.2) is 17.5 Å². The van der Waals surface area contributed by atoms with Gasteiger partial charge in [-0.2, -0.15) is 4.98 Å². The van der Waals surface area contributed by atoms with Crippen LogP contribution in [0.5, 0.6) is 0 Å². The van der Waals surface area contributed by atoms with Crippen molar-refractivity contribution in [2.45, 2.75) is 19.4 Å². The van der Waals surface area contributed by atoms with Crippen LogP contribution in [0.2, 0.25) is 0 Å². The summed E-state index contributed by atoms with van der Waals surface area (Å²) in [4.78, 5) is 15.4. The summed E-state index contributed by atoms with van der Waals surface area (Å²) in [6.45, 7) is 1.60. The third-order valence-electron chi connectivity index (χ3n) is 2.58. The molecule has 0 bridgehead atoms. The van der Waals surface area contributed by atoms with Crippen LogP contribution in [0.15, 0.2) is 23.0 Å². The minimum Gasteiger partial charge on any atom is -0.346 e. The van der Waals surface area contributed by atoms with Gasteiger partial charge in [-0.25, -0.2) is 13.2 Å². The van der Waals surface area contributed by atoms with Crippen LogP contribution in [0.3, 0.4) is 0 Å². The highest BCUT2D eigenvalue weighted by Crippen LogP contribution is 2.15. The SMILES string of the molecule is C[C@@H](NC(=O)Cc1cc(F)c(F)cc1F)c1ncon1. The number of aromatic nitrogens is 2. The van der Waals surface area contributed by atoms with Gasteiger partial charge in [-0.15, -0.1) is 0 Å². The Labute approximate surface area is 111 Å². The molecule has 0 spiro atoms. The molecule has 20 heavy (non-hydrogen) atoms. The van der Waals surface area contributed by atoms with Crippen LogP contribution in [0.1, 0.15) is 24.4 Å². The van der Waals surface area contributed by atoms with E-state index in [0.717, 1.165) is 6.39 Å². The van der Waals surface area contributed by atoms with E-state index in [1.165, 1.54) is 0 Å². The van der Waals surface area contributed by atoms with Crippen LogP contribution in [0.25, 0.3) is 0 Å². The quantitative estimate of drug-likeness (QED) is 0.871. The van der Waals surface area contributed by atoms with E-state index in [2.05, 4.69) is 20.0 Å². The van der Waals surface area contributed by atoms with Gasteiger partial charge >= 0.3 is 0 Å². The van der Waals surface area contributed by atoms with Crippen molar-refractivity contribution < 1.29 is 22.5 Å². The van der Waals surface area contributed by atoms with E-state index in [-0.39, 0.29) is 11.4 Å². The maximum atomic E-state index is 13.4. The summed E-state index contributed by atoms with van der Waals surface area (Å²) in [5, 5.41) is 6.02. The highest BCUT2D eigenvalue weighted by molar-refractivity contribution is 5.78. The second-order valence-corrected chi connectivity index (χ2v) is 4.11. The van der Waals surface area contributed by atoms with Crippen molar-refractivity contribution in [3.05, 3.63) is 47.4 Å². The predicted molar refractivity (Wildman–Crippen MR) is 60.9 cm³/mol. The Kier molecular flexibility index (Phi) is 4.02. The first-order valence-corrected chi connectivity index (χ1v) is 5.66. The van der Waals surface area contributed by atoms with Crippen molar-refractivity contribution >= 4 is 5.91 Å². The number of rotatable bonds is 4. The molecule has 1 aromatic carbocycles. The van der Waals surface area contributed by atoms with Crippen LogP contribution in [-0.4, -0.2) is 16.0 Å². The van der Waals surface area contributed by atoms with Crippen LogP contribution >= 0.6 is 0 Å². The molecule has 0 aliphatic rings. The molecule has 5 nitrogen and oxygen atoms in total. The summed E-state index contributed by atoms with van der Waals surface area (Å²) < 4.78 is 43.6. The monoisotopic (exact) mass is 285 g/mol. The first kappa shape index (κ1) is 14.0. The number of hydrogen-bond acceptors (Lipinski definition) is 4. The zero-order valence-corrected chi connectivity index (χ0v) is 10.4. The molecule has 0 saturated heterocycles. The summed E-state index contributed by atoms with van der Waals surface area (Å²) in [5.41, 5.74) is -0.235. The minimum absolute atomic E-state index is 0.235. The van der Waals surface area contributed by atoms with E-state index in [4.69, 9.17) is 0 Å². The first-order valence-electron chi connectivity index (χ1n) is 5.66. The van der Waals surface area contributed by atoms with E-state index in [0.29, 0.717) is 12.1 Å². The Hall–Kier alpha value is -2.38. The Morgan fingerprint density at radius 3 is 2.65 bits per heavy atom. The normalized spacial score (nSPS) is 12.2. The van der Waals surface area contributed by atoms with Gasteiger partial charge in [0.1, 0.15) is 5.82 Å². The molecular formula is C12H10F3N3O2. The van der Waals surface area contributed by atoms with Gasteiger partial charge in [-0.05, 0) is 13.0 Å². The summed E-state index contributed by atoms with van der Waals surface area (Å²) >= 11 is 0. The average molecular weight is 285 g/mol. The van der Waals surface area contributed by atoms with Crippen LogP contribution in [0.4, 0.5) is 13.2 Å². The van der Waals surface area contributed by atoms with Crippen LogP contribution < -0.4 is 5.32 Å². The number of amides is 1. The second kappa shape index (κ2) is 5.72. The van der Waals surface area contributed by atoms with Gasteiger partial charge < -0.3 is 9.84 Å². The van der Waals surface area contributed by atoms with Crippen LogP contribution in [0, 0.1) is 17.5 Å². The fourth-order valence-corrected chi connectivity index (χ4v) is 1.60. The number of hydrogen-bond donors (Lipinski definition) is 1. The fourth-order valence-electron chi connectivity index (χ4n) is 1.60. The lowest BCUT2D eigenvalue weighted by Crippen LogP contribution is -2.29. The molecule has 1 amide bonds. The average Bonchev–Trinajstić information content (AvgIpc) is 2.89. The fraction of sp³-hybridized carbons (Fsp3) is 0.250. The Morgan fingerprint density at radius 1 is 1.30 bits per heavy atom. The van der Waals surface area contributed by atoms with Gasteiger partial charge in [0.25, 0.3) is 0 Å². The first-order chi connectivity index (χ1) is 9.47. The molecule has 0 fully saturated rings. The third-order valence-corrected chi connectivity index (χ3v) is 2.58. The molecule has 0 aliphatic carbocycles. The molecule has 1 heterocycles. The molecule has 0 saturated carbocycles. The molecule has 1 atom stereocenters. The summed E-state index contributed by atoms with van der Waals surface area (Å²) in [7, 11) is 0. The number of benzene rings is 1. The van der Waals surface area contributed by atoms with Gasteiger partial charge in [0.05, 0.1) is 12.5 Å². The van der Waals surface area contributed by atoms with Gasteiger partial charge in [-0.3, -0.25) is 4.79 Å². The number of nitrogens with zero attached hydrogens (tertiary/aromatic N) is 2. The van der Waals surface area contributed by atoms with E-state index in [1.807, 2.05) is 0 Å². The smallest absolute Gasteiger partial charge is 0.225 e. The number of halogens is 3. The Morgan fingerprint density at radius 2 is 2.00 bits per heavy atom. The van der Waals surface area contributed by atoms with E-state index < -0.39 is 35.8 Å². The van der Waals surface area contributed by atoms with Crippen molar-refractivity contribution in [2.75, 3.05) is 0 Å². The lowest BCUT2D eigenvalue weighted by Gasteiger charge is -2.10. The largest absolute Gasteiger partial charge is 0.346 e. The Balaban J connectivity index is 2.03. The topological polar surface area (TPSA) is 68.0 Å². The molecule has 2 rings (SSSR count). The maximum absolute atomic E-state index is 13.4. The molecule has 106 valence electrons. The molecule has 2 aromatic rings. The van der Waals surface area contributed by atoms with Crippen LogP contribution in [-0.2, 0) is 11.2 Å². The van der Waals surface area contributed by atoms with Crippen molar-refractivity contribution in [1.82, 2.24) is 15.5 Å². The number of carbonyl (C=O) groups is 1. The minimum atomic E-state index is -1.30. The lowest BCUT2D eigenvalue weighted by molar-refractivity contribution is -0.121. The van der Waals surface area contributed by atoms with Crippen molar-refractivity contribution in [3.8, 4) is 0 Å². The molecule has 0 radical (unpaired) electrons. The molecule has 0 aliphatic heterocycles. The third kappa shape index (κ3) is 3.14. The van der Waals surface area contributed by atoms with Gasteiger partial charge in [0.2, 0.25) is 12.3 Å². The van der Waals surface area contributed by atoms with Crippen molar-refractivity contribution in [2.24, 2.45) is 0 Å². The highest BCUT2D eigenvalue weighted by atomic mass is 19.2.